The highest BCUT2D eigenvalue weighted by atomic mass is 16.5. The topological polar surface area (TPSA) is 58.2 Å². The van der Waals surface area contributed by atoms with Crippen LogP contribution in [-0.2, 0) is 11.2 Å². The Morgan fingerprint density at radius 2 is 2.00 bits per heavy atom. The van der Waals surface area contributed by atoms with Gasteiger partial charge in [-0.15, -0.1) is 0 Å². The van der Waals surface area contributed by atoms with E-state index in [-0.39, 0.29) is 5.91 Å². The number of benzene rings is 1. The van der Waals surface area contributed by atoms with Crippen LogP contribution in [0.2, 0.25) is 0 Å². The molecule has 1 amide bonds. The number of aromatic nitrogens is 2. The van der Waals surface area contributed by atoms with Gasteiger partial charge in [-0.1, -0.05) is 19.1 Å². The number of carbonyl (C=O) groups excluding carboxylic acids is 1. The number of carbonyl (C=O) groups is 1. The van der Waals surface area contributed by atoms with Crippen molar-refractivity contribution in [3.63, 3.8) is 0 Å². The maximum Gasteiger partial charge on any atom is 0.222 e. The minimum Gasteiger partial charge on any atom is -0.494 e. The molecule has 0 bridgehead atoms. The summed E-state index contributed by atoms with van der Waals surface area (Å²) in [5.74, 6) is 1.63. The zero-order valence-corrected chi connectivity index (χ0v) is 15.8. The Hall–Kier alpha value is -2.30. The van der Waals surface area contributed by atoms with Gasteiger partial charge in [-0.3, -0.25) is 9.89 Å². The van der Waals surface area contributed by atoms with E-state index in [4.69, 9.17) is 4.74 Å². The number of aryl methyl sites for hydroxylation is 2. The van der Waals surface area contributed by atoms with Gasteiger partial charge in [0.1, 0.15) is 5.75 Å². The average Bonchev–Trinajstić information content (AvgIpc) is 3.12. The Morgan fingerprint density at radius 1 is 1.27 bits per heavy atom. The molecule has 0 aliphatic carbocycles. The van der Waals surface area contributed by atoms with Crippen molar-refractivity contribution in [3.05, 3.63) is 47.3 Å². The van der Waals surface area contributed by atoms with Crippen LogP contribution in [0.1, 0.15) is 55.5 Å². The van der Waals surface area contributed by atoms with Gasteiger partial charge >= 0.3 is 0 Å². The van der Waals surface area contributed by atoms with Crippen LogP contribution in [0.3, 0.4) is 0 Å². The van der Waals surface area contributed by atoms with E-state index >= 15 is 0 Å². The normalized spacial score (nSPS) is 15.2. The Bertz CT molecular complexity index is 700. The number of hydrogen-bond donors (Lipinski definition) is 1. The molecule has 1 fully saturated rings. The molecule has 5 nitrogen and oxygen atoms in total. The number of amides is 1. The highest BCUT2D eigenvalue weighted by Gasteiger charge is 2.24. The summed E-state index contributed by atoms with van der Waals surface area (Å²) in [4.78, 5) is 14.5. The number of piperidine rings is 1. The number of rotatable bonds is 7. The molecule has 1 saturated heterocycles. The fourth-order valence-electron chi connectivity index (χ4n) is 3.45. The number of likely N-dealkylation sites (tertiary alicyclic amines) is 1. The Morgan fingerprint density at radius 3 is 2.62 bits per heavy atom. The predicted molar refractivity (Wildman–Crippen MR) is 102 cm³/mol. The van der Waals surface area contributed by atoms with E-state index in [9.17, 15) is 4.79 Å². The van der Waals surface area contributed by atoms with E-state index in [1.54, 1.807) is 0 Å². The highest BCUT2D eigenvalue weighted by Crippen LogP contribution is 2.27. The third kappa shape index (κ3) is 4.87. The Labute approximate surface area is 155 Å². The molecule has 140 valence electrons. The minimum absolute atomic E-state index is 0.257. The molecule has 0 saturated carbocycles. The van der Waals surface area contributed by atoms with Gasteiger partial charge in [-0.25, -0.2) is 0 Å². The van der Waals surface area contributed by atoms with Crippen LogP contribution in [0, 0.1) is 6.92 Å². The molecule has 1 aromatic heterocycles. The first kappa shape index (κ1) is 18.5. The lowest BCUT2D eigenvalue weighted by Gasteiger charge is -2.31. The summed E-state index contributed by atoms with van der Waals surface area (Å²) in [5, 5.41) is 7.39. The van der Waals surface area contributed by atoms with Crippen LogP contribution in [0.15, 0.2) is 30.3 Å². The molecule has 5 heteroatoms. The molecular formula is C21H29N3O2. The Balaban J connectivity index is 1.43. The number of aromatic amines is 1. The van der Waals surface area contributed by atoms with Crippen molar-refractivity contribution < 1.29 is 9.53 Å². The standard InChI is InChI=1S/C21H29N3O2/c1-3-14-26-19-7-4-17(5-8-19)6-9-21(25)24-12-10-18(11-13-24)20-15-16(2)22-23-20/h4-5,7-8,15,18H,3,6,9-14H2,1-2H3,(H,22,23). The third-order valence-corrected chi connectivity index (χ3v) is 5.02. The SMILES string of the molecule is CCCOc1ccc(CCC(=O)N2CCC(c3cc(C)[nH]n3)CC2)cc1. The van der Waals surface area contributed by atoms with E-state index in [0.717, 1.165) is 62.5 Å². The molecule has 1 aliphatic heterocycles. The van der Waals surface area contributed by atoms with Crippen LogP contribution in [-0.4, -0.2) is 40.7 Å². The summed E-state index contributed by atoms with van der Waals surface area (Å²) in [7, 11) is 0. The molecule has 0 atom stereocenters. The second-order valence-electron chi connectivity index (χ2n) is 7.12. The van der Waals surface area contributed by atoms with Gasteiger partial charge in [-0.2, -0.15) is 5.10 Å². The lowest BCUT2D eigenvalue weighted by atomic mass is 9.93. The predicted octanol–water partition coefficient (Wildman–Crippen LogP) is 3.85. The summed E-state index contributed by atoms with van der Waals surface area (Å²) in [6.07, 6.45) is 4.36. The van der Waals surface area contributed by atoms with Crippen LogP contribution in [0.4, 0.5) is 0 Å². The zero-order valence-electron chi connectivity index (χ0n) is 15.8. The van der Waals surface area contributed by atoms with Crippen LogP contribution in [0.25, 0.3) is 0 Å². The molecule has 2 aromatic rings. The summed E-state index contributed by atoms with van der Waals surface area (Å²) in [6.45, 7) is 6.53. The van der Waals surface area contributed by atoms with Gasteiger partial charge in [0.2, 0.25) is 5.91 Å². The number of nitrogens with one attached hydrogen (secondary N) is 1. The Kier molecular flexibility index (Phi) is 6.31. The summed E-state index contributed by atoms with van der Waals surface area (Å²) < 4.78 is 5.60. The molecule has 3 rings (SSSR count). The van der Waals surface area contributed by atoms with Crippen molar-refractivity contribution >= 4 is 5.91 Å². The van der Waals surface area contributed by atoms with Crippen LogP contribution in [0.5, 0.6) is 5.75 Å². The van der Waals surface area contributed by atoms with Crippen LogP contribution >= 0.6 is 0 Å². The third-order valence-electron chi connectivity index (χ3n) is 5.02. The number of ether oxygens (including phenoxy) is 1. The van der Waals surface area contributed by atoms with Gasteiger partial charge in [0, 0.05) is 31.1 Å². The molecule has 1 aromatic carbocycles. The van der Waals surface area contributed by atoms with Gasteiger partial charge < -0.3 is 9.64 Å². The van der Waals surface area contributed by atoms with E-state index in [2.05, 4.69) is 35.3 Å². The lowest BCUT2D eigenvalue weighted by molar-refractivity contribution is -0.132. The first-order valence-electron chi connectivity index (χ1n) is 9.67. The molecule has 26 heavy (non-hydrogen) atoms. The van der Waals surface area contributed by atoms with Crippen LogP contribution < -0.4 is 4.74 Å². The summed E-state index contributed by atoms with van der Waals surface area (Å²) in [6, 6.07) is 10.2. The van der Waals surface area contributed by atoms with Crippen molar-refractivity contribution in [2.75, 3.05) is 19.7 Å². The van der Waals surface area contributed by atoms with Crippen molar-refractivity contribution in [2.45, 2.75) is 51.9 Å². The second kappa shape index (κ2) is 8.88. The molecule has 0 spiro atoms. The fourth-order valence-corrected chi connectivity index (χ4v) is 3.45. The quantitative estimate of drug-likeness (QED) is 0.821. The van der Waals surface area contributed by atoms with E-state index in [1.165, 1.54) is 5.56 Å². The summed E-state index contributed by atoms with van der Waals surface area (Å²) >= 11 is 0. The first-order chi connectivity index (χ1) is 12.7. The number of hydrogen-bond acceptors (Lipinski definition) is 3. The molecular weight excluding hydrogens is 326 g/mol. The van der Waals surface area contributed by atoms with E-state index in [1.807, 2.05) is 24.0 Å². The first-order valence-corrected chi connectivity index (χ1v) is 9.67. The number of nitrogens with zero attached hydrogens (tertiary/aromatic N) is 2. The molecule has 0 radical (unpaired) electrons. The average molecular weight is 355 g/mol. The maximum atomic E-state index is 12.5. The lowest BCUT2D eigenvalue weighted by Crippen LogP contribution is -2.38. The van der Waals surface area contributed by atoms with Gasteiger partial charge in [-0.05, 0) is 56.4 Å². The molecule has 0 unspecified atom stereocenters. The van der Waals surface area contributed by atoms with E-state index in [0.29, 0.717) is 12.3 Å². The largest absolute Gasteiger partial charge is 0.494 e. The fraction of sp³-hybridized carbons (Fsp3) is 0.524. The smallest absolute Gasteiger partial charge is 0.222 e. The van der Waals surface area contributed by atoms with Crippen molar-refractivity contribution in [1.29, 1.82) is 0 Å². The van der Waals surface area contributed by atoms with Crippen molar-refractivity contribution in [3.8, 4) is 5.75 Å². The van der Waals surface area contributed by atoms with Gasteiger partial charge in [0.05, 0.1) is 12.3 Å². The molecule has 1 N–H and O–H groups in total. The number of H-pyrrole nitrogens is 1. The highest BCUT2D eigenvalue weighted by molar-refractivity contribution is 5.76. The maximum absolute atomic E-state index is 12.5. The van der Waals surface area contributed by atoms with Crippen molar-refractivity contribution in [2.24, 2.45) is 0 Å². The van der Waals surface area contributed by atoms with Gasteiger partial charge in [0.25, 0.3) is 0 Å². The van der Waals surface area contributed by atoms with Gasteiger partial charge in [0.15, 0.2) is 0 Å². The zero-order chi connectivity index (χ0) is 18.4. The summed E-state index contributed by atoms with van der Waals surface area (Å²) in [5.41, 5.74) is 3.42. The second-order valence-corrected chi connectivity index (χ2v) is 7.12. The molecule has 2 heterocycles. The minimum atomic E-state index is 0.257. The molecule has 1 aliphatic rings. The van der Waals surface area contributed by atoms with Crippen molar-refractivity contribution in [1.82, 2.24) is 15.1 Å². The monoisotopic (exact) mass is 355 g/mol. The van der Waals surface area contributed by atoms with E-state index < -0.39 is 0 Å².